The summed E-state index contributed by atoms with van der Waals surface area (Å²) in [6.07, 6.45) is -2.35. The van der Waals surface area contributed by atoms with Crippen molar-refractivity contribution in [2.45, 2.75) is 44.8 Å². The van der Waals surface area contributed by atoms with Gasteiger partial charge in [-0.25, -0.2) is 14.1 Å². The van der Waals surface area contributed by atoms with Crippen LogP contribution in [0.5, 0.6) is 5.75 Å². The molecule has 1 heterocycles. The highest BCUT2D eigenvalue weighted by Crippen LogP contribution is 2.21. The van der Waals surface area contributed by atoms with Crippen LogP contribution in [-0.4, -0.2) is 27.0 Å². The fourth-order valence-corrected chi connectivity index (χ4v) is 2.14. The molecule has 0 amide bonds. The van der Waals surface area contributed by atoms with E-state index >= 15 is 0 Å². The maximum atomic E-state index is 13.1. The van der Waals surface area contributed by atoms with Crippen LogP contribution in [0.3, 0.4) is 0 Å². The van der Waals surface area contributed by atoms with E-state index in [1.54, 1.807) is 6.07 Å². The molecule has 0 unspecified atom stereocenters. The van der Waals surface area contributed by atoms with E-state index in [2.05, 4.69) is 15.4 Å². The van der Waals surface area contributed by atoms with Crippen LogP contribution in [-0.2, 0) is 19.7 Å². The van der Waals surface area contributed by atoms with Crippen molar-refractivity contribution in [3.8, 4) is 5.75 Å². The molecule has 0 aliphatic heterocycles. The first-order valence-corrected chi connectivity index (χ1v) is 7.50. The number of ether oxygens (including phenoxy) is 1. The molecule has 0 bridgehead atoms. The number of nitrogens with zero attached hydrogens (tertiary/aromatic N) is 3. The first kappa shape index (κ1) is 19.5. The van der Waals surface area contributed by atoms with Crippen LogP contribution in [0.2, 0.25) is 0 Å². The molecule has 3 rings (SSSR count). The molecule has 1 aromatic carbocycles. The Balaban J connectivity index is 0.00000225. The monoisotopic (exact) mass is 380 g/mol. The molecule has 0 radical (unpaired) electrons. The van der Waals surface area contributed by atoms with Gasteiger partial charge in [-0.1, -0.05) is 6.07 Å². The lowest BCUT2D eigenvalue weighted by atomic mass is 10.3. The van der Waals surface area contributed by atoms with Gasteiger partial charge in [-0.2, -0.15) is 18.3 Å². The van der Waals surface area contributed by atoms with E-state index in [1.165, 1.54) is 18.2 Å². The summed E-state index contributed by atoms with van der Waals surface area (Å²) in [4.78, 5) is 4.10. The minimum Gasteiger partial charge on any atom is -0.485 e. The topological polar surface area (TPSA) is 52.0 Å². The van der Waals surface area contributed by atoms with E-state index in [9.17, 15) is 17.6 Å². The first-order chi connectivity index (χ1) is 11.4. The van der Waals surface area contributed by atoms with Gasteiger partial charge in [0.1, 0.15) is 30.5 Å². The number of halogens is 5. The third kappa shape index (κ3) is 6.17. The molecule has 1 fully saturated rings. The van der Waals surface area contributed by atoms with Gasteiger partial charge < -0.3 is 10.1 Å². The molecule has 2 aromatic rings. The Hall–Kier alpha value is -1.87. The van der Waals surface area contributed by atoms with Crippen molar-refractivity contribution in [2.75, 3.05) is 0 Å². The number of rotatable bonds is 7. The van der Waals surface area contributed by atoms with Gasteiger partial charge in [0.25, 0.3) is 0 Å². The van der Waals surface area contributed by atoms with Gasteiger partial charge in [0.2, 0.25) is 0 Å². The Morgan fingerprint density at radius 2 is 2.04 bits per heavy atom. The fraction of sp³-hybridized carbons (Fsp3) is 0.467. The van der Waals surface area contributed by atoms with Crippen LogP contribution in [0.25, 0.3) is 0 Å². The Kier molecular flexibility index (Phi) is 6.23. The van der Waals surface area contributed by atoms with Crippen LogP contribution in [0.15, 0.2) is 24.3 Å². The second-order valence-electron chi connectivity index (χ2n) is 5.62. The number of nitrogens with one attached hydrogen (secondary N) is 1. The minimum atomic E-state index is -4.39. The lowest BCUT2D eigenvalue weighted by molar-refractivity contribution is -0.143. The summed E-state index contributed by atoms with van der Waals surface area (Å²) in [6.45, 7) is -1.12. The average Bonchev–Trinajstić information content (AvgIpc) is 3.24. The predicted molar refractivity (Wildman–Crippen MR) is 83.9 cm³/mol. The van der Waals surface area contributed by atoms with E-state index in [1.807, 2.05) is 0 Å². The molecule has 1 aliphatic rings. The summed E-state index contributed by atoms with van der Waals surface area (Å²) in [7, 11) is 0. The number of alkyl halides is 3. The van der Waals surface area contributed by atoms with Crippen molar-refractivity contribution in [1.29, 1.82) is 0 Å². The Morgan fingerprint density at radius 3 is 2.68 bits per heavy atom. The van der Waals surface area contributed by atoms with Crippen molar-refractivity contribution >= 4 is 12.4 Å². The van der Waals surface area contributed by atoms with Gasteiger partial charge in [0.15, 0.2) is 5.82 Å². The zero-order chi connectivity index (χ0) is 17.2. The quantitative estimate of drug-likeness (QED) is 0.749. The molecule has 0 atom stereocenters. The Labute approximate surface area is 147 Å². The molecule has 10 heteroatoms. The van der Waals surface area contributed by atoms with Crippen molar-refractivity contribution in [1.82, 2.24) is 20.1 Å². The van der Waals surface area contributed by atoms with E-state index in [0.29, 0.717) is 6.04 Å². The molecule has 1 saturated carbocycles. The molecule has 1 aliphatic carbocycles. The third-order valence-electron chi connectivity index (χ3n) is 3.41. The zero-order valence-corrected chi connectivity index (χ0v) is 13.9. The molecular weight excluding hydrogens is 364 g/mol. The van der Waals surface area contributed by atoms with Crippen molar-refractivity contribution < 1.29 is 22.3 Å². The van der Waals surface area contributed by atoms with Gasteiger partial charge >= 0.3 is 6.18 Å². The maximum absolute atomic E-state index is 13.1. The highest BCUT2D eigenvalue weighted by molar-refractivity contribution is 5.85. The van der Waals surface area contributed by atoms with E-state index < -0.39 is 18.5 Å². The average molecular weight is 381 g/mol. The molecule has 1 N–H and O–H groups in total. The molecule has 25 heavy (non-hydrogen) atoms. The number of benzene rings is 1. The van der Waals surface area contributed by atoms with E-state index in [-0.39, 0.29) is 43.0 Å². The molecule has 138 valence electrons. The highest BCUT2D eigenvalue weighted by atomic mass is 35.5. The maximum Gasteiger partial charge on any atom is 0.408 e. The van der Waals surface area contributed by atoms with E-state index in [4.69, 9.17) is 4.74 Å². The fourth-order valence-electron chi connectivity index (χ4n) is 2.14. The standard InChI is InChI=1S/C15H16F4N4O.ClH/c16-10-2-1-3-12(6-10)24-8-13-21-14(7-20-11-4-5-11)23(22-13)9-15(17,18)19;/h1-3,6,11,20H,4-5,7-9H2;1H. The third-order valence-corrected chi connectivity index (χ3v) is 3.41. The van der Waals surface area contributed by atoms with Gasteiger partial charge in [-0.15, -0.1) is 12.4 Å². The summed E-state index contributed by atoms with van der Waals surface area (Å²) >= 11 is 0. The smallest absolute Gasteiger partial charge is 0.408 e. The van der Waals surface area contributed by atoms with Crippen LogP contribution in [0.1, 0.15) is 24.5 Å². The lowest BCUT2D eigenvalue weighted by Crippen LogP contribution is -2.24. The summed E-state index contributed by atoms with van der Waals surface area (Å²) in [5, 5.41) is 6.97. The Morgan fingerprint density at radius 1 is 1.28 bits per heavy atom. The molecule has 5 nitrogen and oxygen atoms in total. The first-order valence-electron chi connectivity index (χ1n) is 7.50. The number of aromatic nitrogens is 3. The predicted octanol–water partition coefficient (Wildman–Crippen LogP) is 3.23. The molecule has 0 saturated heterocycles. The number of hydrogen-bond donors (Lipinski definition) is 1. The van der Waals surface area contributed by atoms with Crippen LogP contribution in [0.4, 0.5) is 17.6 Å². The second-order valence-corrected chi connectivity index (χ2v) is 5.62. The zero-order valence-electron chi connectivity index (χ0n) is 13.1. The van der Waals surface area contributed by atoms with Crippen molar-refractivity contribution in [3.05, 3.63) is 41.7 Å². The highest BCUT2D eigenvalue weighted by Gasteiger charge is 2.31. The lowest BCUT2D eigenvalue weighted by Gasteiger charge is -2.09. The summed E-state index contributed by atoms with van der Waals surface area (Å²) in [5.74, 6) is 0.130. The van der Waals surface area contributed by atoms with Crippen molar-refractivity contribution in [3.63, 3.8) is 0 Å². The largest absolute Gasteiger partial charge is 0.485 e. The van der Waals surface area contributed by atoms with E-state index in [0.717, 1.165) is 17.5 Å². The van der Waals surface area contributed by atoms with Gasteiger partial charge in [-0.05, 0) is 25.0 Å². The minimum absolute atomic E-state index is 0. The van der Waals surface area contributed by atoms with Gasteiger partial charge in [-0.3, -0.25) is 0 Å². The summed E-state index contributed by atoms with van der Waals surface area (Å²) in [5.41, 5.74) is 0. The van der Waals surface area contributed by atoms with Gasteiger partial charge in [0.05, 0.1) is 6.54 Å². The van der Waals surface area contributed by atoms with Crippen LogP contribution >= 0.6 is 12.4 Å². The van der Waals surface area contributed by atoms with Crippen molar-refractivity contribution in [2.24, 2.45) is 0 Å². The molecule has 1 aromatic heterocycles. The molecular formula is C15H17ClF4N4O. The summed E-state index contributed by atoms with van der Waals surface area (Å²) in [6, 6.07) is 5.82. The SMILES string of the molecule is Cl.Fc1cccc(OCc2nc(CNC3CC3)n(CC(F)(F)F)n2)c1. The van der Waals surface area contributed by atoms with Crippen LogP contribution in [0, 0.1) is 5.82 Å². The normalized spacial score (nSPS) is 14.2. The van der Waals surface area contributed by atoms with Crippen LogP contribution < -0.4 is 10.1 Å². The summed E-state index contributed by atoms with van der Waals surface area (Å²) < 4.78 is 57.2. The second kappa shape index (κ2) is 8.01. The Bertz CT molecular complexity index is 703. The van der Waals surface area contributed by atoms with Gasteiger partial charge in [0, 0.05) is 12.1 Å². The molecule has 0 spiro atoms. The number of hydrogen-bond acceptors (Lipinski definition) is 4.